The van der Waals surface area contributed by atoms with Crippen molar-refractivity contribution in [2.24, 2.45) is 0 Å². The van der Waals surface area contributed by atoms with Gasteiger partial charge in [-0.3, -0.25) is 13.9 Å². The van der Waals surface area contributed by atoms with Gasteiger partial charge in [-0.25, -0.2) is 8.42 Å². The van der Waals surface area contributed by atoms with Gasteiger partial charge in [0, 0.05) is 18.7 Å². The van der Waals surface area contributed by atoms with Gasteiger partial charge in [-0.05, 0) is 68.1 Å². The topological polar surface area (TPSA) is 105 Å². The molecule has 0 aliphatic heterocycles. The van der Waals surface area contributed by atoms with Crippen LogP contribution in [-0.2, 0) is 26.2 Å². The maximum absolute atomic E-state index is 14.4. The van der Waals surface area contributed by atoms with Gasteiger partial charge in [-0.15, -0.1) is 0 Å². The van der Waals surface area contributed by atoms with Crippen molar-refractivity contribution in [1.82, 2.24) is 10.2 Å². The van der Waals surface area contributed by atoms with Crippen LogP contribution >= 0.6 is 23.2 Å². The van der Waals surface area contributed by atoms with Gasteiger partial charge in [0.2, 0.25) is 11.8 Å². The minimum atomic E-state index is -4.25. The van der Waals surface area contributed by atoms with Gasteiger partial charge in [0.25, 0.3) is 10.0 Å². The number of nitrogens with one attached hydrogen (secondary N) is 1. The predicted molar refractivity (Wildman–Crippen MR) is 177 cm³/mol. The highest BCUT2D eigenvalue weighted by atomic mass is 35.5. The monoisotopic (exact) mass is 675 g/mol. The fraction of sp³-hybridized carbons (Fsp3) is 0.394. The van der Waals surface area contributed by atoms with Gasteiger partial charge in [-0.2, -0.15) is 0 Å². The molecule has 9 nitrogen and oxygen atoms in total. The van der Waals surface area contributed by atoms with Crippen LogP contribution in [0.25, 0.3) is 0 Å². The largest absolute Gasteiger partial charge is 0.493 e. The molecule has 1 atom stereocenters. The highest BCUT2D eigenvalue weighted by molar-refractivity contribution is 7.92. The zero-order chi connectivity index (χ0) is 32.7. The van der Waals surface area contributed by atoms with Gasteiger partial charge in [0.1, 0.15) is 12.6 Å². The number of rotatable bonds is 13. The van der Waals surface area contributed by atoms with Crippen molar-refractivity contribution in [1.29, 1.82) is 0 Å². The summed E-state index contributed by atoms with van der Waals surface area (Å²) in [5.74, 6) is -0.158. The maximum atomic E-state index is 14.4. The Hall–Kier alpha value is -3.47. The van der Waals surface area contributed by atoms with E-state index < -0.39 is 28.5 Å². The maximum Gasteiger partial charge on any atom is 0.264 e. The Morgan fingerprint density at radius 2 is 1.60 bits per heavy atom. The Labute approximate surface area is 275 Å². The Bertz CT molecular complexity index is 1610. The van der Waals surface area contributed by atoms with E-state index in [2.05, 4.69) is 5.32 Å². The third kappa shape index (κ3) is 8.23. The fourth-order valence-electron chi connectivity index (χ4n) is 5.47. The van der Waals surface area contributed by atoms with E-state index in [1.807, 2.05) is 13.8 Å². The smallest absolute Gasteiger partial charge is 0.264 e. The zero-order valence-corrected chi connectivity index (χ0v) is 28.2. The quantitative estimate of drug-likeness (QED) is 0.225. The van der Waals surface area contributed by atoms with Crippen LogP contribution in [0.2, 0.25) is 10.0 Å². The number of halogens is 2. The number of anilines is 1. The first kappa shape index (κ1) is 34.4. The molecule has 1 saturated carbocycles. The Kier molecular flexibility index (Phi) is 11.6. The molecule has 3 aromatic rings. The van der Waals surface area contributed by atoms with Crippen molar-refractivity contribution in [3.8, 4) is 11.5 Å². The molecule has 12 heteroatoms. The molecular weight excluding hydrogens is 637 g/mol. The molecule has 1 aliphatic rings. The molecule has 1 N–H and O–H groups in total. The van der Waals surface area contributed by atoms with Gasteiger partial charge in [0.05, 0.1) is 34.8 Å². The predicted octanol–water partition coefficient (Wildman–Crippen LogP) is 6.38. The normalized spacial score (nSPS) is 14.1. The Morgan fingerprint density at radius 1 is 0.933 bits per heavy atom. The average molecular weight is 677 g/mol. The summed E-state index contributed by atoms with van der Waals surface area (Å²) in [5.41, 5.74) is 1.72. The molecule has 3 aromatic carbocycles. The summed E-state index contributed by atoms with van der Waals surface area (Å²) in [6.07, 6.45) is 4.14. The number of hydrogen-bond acceptors (Lipinski definition) is 6. The minimum absolute atomic E-state index is 0.0106. The second-order valence-corrected chi connectivity index (χ2v) is 13.7. The third-order valence-corrected chi connectivity index (χ3v) is 10.5. The van der Waals surface area contributed by atoms with Crippen LogP contribution < -0.4 is 19.1 Å². The van der Waals surface area contributed by atoms with Crippen molar-refractivity contribution in [2.45, 2.75) is 69.5 Å². The molecule has 0 saturated heterocycles. The van der Waals surface area contributed by atoms with E-state index in [1.54, 1.807) is 42.5 Å². The molecule has 2 amide bonds. The van der Waals surface area contributed by atoms with E-state index in [9.17, 15) is 18.0 Å². The van der Waals surface area contributed by atoms with Crippen LogP contribution in [0.3, 0.4) is 0 Å². The number of nitrogens with zero attached hydrogens (tertiary/aromatic N) is 2. The summed E-state index contributed by atoms with van der Waals surface area (Å²) in [7, 11) is -1.33. The summed E-state index contributed by atoms with van der Waals surface area (Å²) in [6.45, 7) is 3.11. The molecule has 0 aromatic heterocycles. The average Bonchev–Trinajstić information content (AvgIpc) is 3.54. The standard InChI is InChI=1S/C33H39Cl2N3O6S/c1-5-29(33(40)36-24-8-6-7-9-24)37(20-23-12-16-27(34)28(35)18-23)32(39)21-38(25-13-17-30(43-3)31(19-25)44-4)45(41,42)26-14-10-22(2)11-15-26/h10-19,24,29H,5-9,20-21H2,1-4H3,(H,36,40)/t29-/m1/s1. The van der Waals surface area contributed by atoms with E-state index >= 15 is 0 Å². The highest BCUT2D eigenvalue weighted by Gasteiger charge is 2.35. The number of aryl methyl sites for hydroxylation is 1. The lowest BCUT2D eigenvalue weighted by Crippen LogP contribution is -2.53. The first-order valence-electron chi connectivity index (χ1n) is 14.8. The molecule has 0 unspecified atom stereocenters. The molecule has 0 spiro atoms. The first-order chi connectivity index (χ1) is 21.5. The summed E-state index contributed by atoms with van der Waals surface area (Å²) in [6, 6.07) is 15.2. The molecule has 0 radical (unpaired) electrons. The second-order valence-electron chi connectivity index (χ2n) is 11.0. The van der Waals surface area contributed by atoms with Crippen LogP contribution in [0.1, 0.15) is 50.2 Å². The van der Waals surface area contributed by atoms with Gasteiger partial charge in [-0.1, -0.05) is 66.7 Å². The molecule has 0 heterocycles. The highest BCUT2D eigenvalue weighted by Crippen LogP contribution is 2.34. The van der Waals surface area contributed by atoms with Crippen LogP contribution in [0.4, 0.5) is 5.69 Å². The lowest BCUT2D eigenvalue weighted by molar-refractivity contribution is -0.140. The number of methoxy groups -OCH3 is 2. The van der Waals surface area contributed by atoms with Crippen LogP contribution in [0.5, 0.6) is 11.5 Å². The Balaban J connectivity index is 1.77. The van der Waals surface area contributed by atoms with Crippen molar-refractivity contribution < 1.29 is 27.5 Å². The Morgan fingerprint density at radius 3 is 2.20 bits per heavy atom. The van der Waals surface area contributed by atoms with E-state index in [4.69, 9.17) is 32.7 Å². The third-order valence-electron chi connectivity index (χ3n) is 7.97. The van der Waals surface area contributed by atoms with Crippen molar-refractivity contribution >= 4 is 50.7 Å². The molecule has 1 aliphatic carbocycles. The van der Waals surface area contributed by atoms with E-state index in [0.29, 0.717) is 33.5 Å². The number of carbonyl (C=O) groups is 2. The molecule has 0 bridgehead atoms. The van der Waals surface area contributed by atoms with Gasteiger partial charge in [0.15, 0.2) is 11.5 Å². The minimum Gasteiger partial charge on any atom is -0.493 e. The van der Waals surface area contributed by atoms with Crippen LogP contribution in [-0.4, -0.2) is 58.0 Å². The fourth-order valence-corrected chi connectivity index (χ4v) is 7.19. The van der Waals surface area contributed by atoms with Crippen molar-refractivity contribution in [3.05, 3.63) is 81.8 Å². The second kappa shape index (κ2) is 15.2. The van der Waals surface area contributed by atoms with Crippen LogP contribution in [0, 0.1) is 6.92 Å². The molecular formula is C33H39Cl2N3O6S. The lowest BCUT2D eigenvalue weighted by Gasteiger charge is -2.34. The van der Waals surface area contributed by atoms with Gasteiger partial charge < -0.3 is 19.7 Å². The van der Waals surface area contributed by atoms with E-state index in [-0.39, 0.29) is 29.1 Å². The summed E-state index contributed by atoms with van der Waals surface area (Å²) in [5, 5.41) is 3.76. The number of hydrogen-bond donors (Lipinski definition) is 1. The summed E-state index contributed by atoms with van der Waals surface area (Å²) >= 11 is 12.4. The van der Waals surface area contributed by atoms with Crippen molar-refractivity contribution in [2.75, 3.05) is 25.1 Å². The zero-order valence-electron chi connectivity index (χ0n) is 25.9. The lowest BCUT2D eigenvalue weighted by atomic mass is 10.1. The number of carbonyl (C=O) groups excluding carboxylic acids is 2. The number of benzene rings is 3. The summed E-state index contributed by atoms with van der Waals surface area (Å²) < 4.78 is 40.2. The molecule has 1 fully saturated rings. The molecule has 242 valence electrons. The number of ether oxygens (including phenoxy) is 2. The summed E-state index contributed by atoms with van der Waals surface area (Å²) in [4.78, 5) is 29.4. The molecule has 45 heavy (non-hydrogen) atoms. The SMILES string of the molecule is CC[C@H](C(=O)NC1CCCC1)N(Cc1ccc(Cl)c(Cl)c1)C(=O)CN(c1ccc(OC)c(OC)c1)S(=O)(=O)c1ccc(C)cc1. The van der Waals surface area contributed by atoms with Crippen LogP contribution in [0.15, 0.2) is 65.6 Å². The molecule has 4 rings (SSSR count). The van der Waals surface area contributed by atoms with E-state index in [0.717, 1.165) is 35.6 Å². The van der Waals surface area contributed by atoms with Gasteiger partial charge >= 0.3 is 0 Å². The van der Waals surface area contributed by atoms with Crippen molar-refractivity contribution in [3.63, 3.8) is 0 Å². The first-order valence-corrected chi connectivity index (χ1v) is 17.0. The number of sulfonamides is 1. The van der Waals surface area contributed by atoms with E-state index in [1.165, 1.54) is 37.3 Å². The number of amides is 2.